The summed E-state index contributed by atoms with van der Waals surface area (Å²) in [5.74, 6) is -0.340. The minimum atomic E-state index is -0.667. The molecule has 0 aliphatic rings. The van der Waals surface area contributed by atoms with Crippen LogP contribution in [0.5, 0.6) is 0 Å². The normalized spacial score (nSPS) is 10.5. The zero-order valence-electron chi connectivity index (χ0n) is 18.9. The molecule has 8 heteroatoms. The molecule has 0 aromatic carbocycles. The van der Waals surface area contributed by atoms with E-state index in [0.717, 1.165) is 25.7 Å². The molecule has 0 radical (unpaired) electrons. The van der Waals surface area contributed by atoms with Crippen LogP contribution in [0.3, 0.4) is 0 Å². The van der Waals surface area contributed by atoms with Crippen LogP contribution in [0.15, 0.2) is 11.7 Å². The Hall–Kier alpha value is -1.51. The summed E-state index contributed by atoms with van der Waals surface area (Å²) in [7, 11) is 0. The zero-order chi connectivity index (χ0) is 22.5. The van der Waals surface area contributed by atoms with Crippen LogP contribution in [0.2, 0.25) is 0 Å². The Labute approximate surface area is 175 Å². The van der Waals surface area contributed by atoms with Gasteiger partial charge in [-0.05, 0) is 32.1 Å². The molecule has 0 aliphatic carbocycles. The van der Waals surface area contributed by atoms with E-state index >= 15 is 0 Å². The Morgan fingerprint density at radius 1 is 0.655 bits per heavy atom. The molecule has 0 fully saturated rings. The van der Waals surface area contributed by atoms with Crippen molar-refractivity contribution in [3.05, 3.63) is 11.7 Å². The lowest BCUT2D eigenvalue weighted by Gasteiger charge is -2.24. The van der Waals surface area contributed by atoms with Crippen LogP contribution in [0.1, 0.15) is 66.7 Å². The molecule has 0 heterocycles. The number of ether oxygens (including phenoxy) is 4. The molecule has 29 heavy (non-hydrogen) atoms. The van der Waals surface area contributed by atoms with Crippen LogP contribution in [-0.4, -0.2) is 67.5 Å². The molecule has 0 saturated heterocycles. The number of hydrogen-bond donors (Lipinski definition) is 3. The van der Waals surface area contributed by atoms with Gasteiger partial charge in [-0.25, -0.2) is 4.79 Å². The maximum absolute atomic E-state index is 12.0. The Morgan fingerprint density at radius 3 is 1.34 bits per heavy atom. The minimum absolute atomic E-state index is 0.0437. The van der Waals surface area contributed by atoms with Gasteiger partial charge < -0.3 is 34.3 Å². The van der Waals surface area contributed by atoms with Crippen LogP contribution in [0, 0.1) is 5.41 Å². The van der Waals surface area contributed by atoms with Crippen LogP contribution in [-0.2, 0) is 23.7 Å². The van der Waals surface area contributed by atoms with Gasteiger partial charge in [0, 0.05) is 5.41 Å². The number of aliphatic hydroxyl groups excluding tert-OH is 3. The average Bonchev–Trinajstić information content (AvgIpc) is 2.76. The number of hydrogen-bond acceptors (Lipinski definition) is 8. The first-order valence-electron chi connectivity index (χ1n) is 10.6. The summed E-state index contributed by atoms with van der Waals surface area (Å²) in [6.45, 7) is 10.9. The fraction of sp³-hybridized carbons (Fsp3) is 0.857. The predicted molar refractivity (Wildman–Crippen MR) is 111 cm³/mol. The van der Waals surface area contributed by atoms with Crippen molar-refractivity contribution < 1.29 is 39.1 Å². The van der Waals surface area contributed by atoms with Crippen molar-refractivity contribution in [2.45, 2.75) is 66.7 Å². The Bertz CT molecular complexity index is 391. The number of carbonyl (C=O) groups is 1. The maximum atomic E-state index is 12.0. The summed E-state index contributed by atoms with van der Waals surface area (Å²) >= 11 is 0. The molecule has 0 aromatic heterocycles. The third-order valence-corrected chi connectivity index (χ3v) is 3.89. The van der Waals surface area contributed by atoms with E-state index in [1.54, 1.807) is 0 Å². The van der Waals surface area contributed by atoms with Crippen molar-refractivity contribution in [1.29, 1.82) is 0 Å². The van der Waals surface area contributed by atoms with Gasteiger partial charge in [0.15, 0.2) is 0 Å². The monoisotopic (exact) mass is 422 g/mol. The first kappa shape index (κ1) is 29.7. The first-order chi connectivity index (χ1) is 13.9. The van der Waals surface area contributed by atoms with Crippen molar-refractivity contribution in [3.63, 3.8) is 0 Å². The summed E-state index contributed by atoms with van der Waals surface area (Å²) < 4.78 is 21.5. The van der Waals surface area contributed by atoms with Crippen LogP contribution in [0.25, 0.3) is 0 Å². The van der Waals surface area contributed by atoms with Gasteiger partial charge in [0.05, 0.1) is 46.2 Å². The lowest BCUT2D eigenvalue weighted by molar-refractivity contribution is -0.145. The molecule has 0 bridgehead atoms. The minimum Gasteiger partial charge on any atom is -0.482 e. The van der Waals surface area contributed by atoms with E-state index in [-0.39, 0.29) is 31.5 Å². The summed E-state index contributed by atoms with van der Waals surface area (Å²) in [5, 5.41) is 26.0. The summed E-state index contributed by atoms with van der Waals surface area (Å²) in [5.41, 5.74) is -0.667. The highest BCUT2D eigenvalue weighted by Gasteiger charge is 2.25. The Balaban J connectivity index is 0. The topological polar surface area (TPSA) is 115 Å². The summed E-state index contributed by atoms with van der Waals surface area (Å²) in [6, 6.07) is 0. The highest BCUT2D eigenvalue weighted by atomic mass is 16.7. The molecule has 0 rings (SSSR count). The van der Waals surface area contributed by atoms with Gasteiger partial charge >= 0.3 is 11.9 Å². The van der Waals surface area contributed by atoms with Crippen molar-refractivity contribution in [3.8, 4) is 0 Å². The van der Waals surface area contributed by atoms with E-state index in [1.165, 1.54) is 0 Å². The second-order valence-electron chi connectivity index (χ2n) is 6.63. The van der Waals surface area contributed by atoms with Crippen molar-refractivity contribution in [2.24, 2.45) is 5.41 Å². The number of esters is 1. The van der Waals surface area contributed by atoms with E-state index < -0.39 is 11.4 Å². The molecule has 0 atom stereocenters. The molecule has 0 spiro atoms. The molecule has 0 amide bonds. The highest BCUT2D eigenvalue weighted by molar-refractivity contribution is 5.86. The summed E-state index contributed by atoms with van der Waals surface area (Å²) in [4.78, 5) is 12.0. The molecule has 174 valence electrons. The predicted octanol–water partition coefficient (Wildman–Crippen LogP) is 2.75. The van der Waals surface area contributed by atoms with Gasteiger partial charge in [0.25, 0.3) is 5.76 Å². The van der Waals surface area contributed by atoms with Gasteiger partial charge in [-0.2, -0.15) is 0 Å². The maximum Gasteiger partial charge on any atom is 0.381 e. The third-order valence-electron chi connectivity index (χ3n) is 3.89. The summed E-state index contributed by atoms with van der Waals surface area (Å²) in [6.07, 6.45) is 3.79. The molecule has 0 aromatic rings. The van der Waals surface area contributed by atoms with Crippen molar-refractivity contribution >= 4 is 5.97 Å². The quantitative estimate of drug-likeness (QED) is 0.198. The fourth-order valence-electron chi connectivity index (χ4n) is 1.71. The average molecular weight is 423 g/mol. The van der Waals surface area contributed by atoms with Crippen molar-refractivity contribution in [2.75, 3.05) is 46.2 Å². The lowest BCUT2D eigenvalue weighted by Crippen LogP contribution is -2.32. The number of aliphatic hydroxyl groups is 3. The zero-order valence-corrected chi connectivity index (χ0v) is 18.9. The number of carbonyl (C=O) groups excluding carboxylic acids is 1. The number of rotatable bonds is 16. The van der Waals surface area contributed by atoms with E-state index in [2.05, 4.69) is 0 Å². The van der Waals surface area contributed by atoms with Crippen LogP contribution < -0.4 is 0 Å². The highest BCUT2D eigenvalue weighted by Crippen LogP contribution is 2.18. The SMILES string of the molecule is CCC(CO)(CO)CO.CCCOC(=O)C(OCCC)=C(OCCC)OCCC. The second kappa shape index (κ2) is 19.8. The smallest absolute Gasteiger partial charge is 0.381 e. The molecular weight excluding hydrogens is 380 g/mol. The van der Waals surface area contributed by atoms with Crippen LogP contribution >= 0.6 is 0 Å². The largest absolute Gasteiger partial charge is 0.482 e. The van der Waals surface area contributed by atoms with Crippen LogP contribution in [0.4, 0.5) is 0 Å². The van der Waals surface area contributed by atoms with Gasteiger partial charge in [-0.1, -0.05) is 34.6 Å². The third kappa shape index (κ3) is 13.4. The Morgan fingerprint density at radius 2 is 1.03 bits per heavy atom. The molecule has 3 N–H and O–H groups in total. The standard InChI is InChI=1S/C15H28O5.C6H14O3/c1-5-9-17-13(14(16)18-10-6-2)15(19-11-7-3)20-12-8-4;1-2-6(3-7,4-8)5-9/h5-12H2,1-4H3;7-9H,2-5H2,1H3. The van der Waals surface area contributed by atoms with E-state index in [9.17, 15) is 4.79 Å². The molecular formula is C21H42O8. The molecule has 0 aliphatic heterocycles. The first-order valence-corrected chi connectivity index (χ1v) is 10.6. The van der Waals surface area contributed by atoms with Gasteiger partial charge in [0.2, 0.25) is 0 Å². The van der Waals surface area contributed by atoms with Gasteiger partial charge in [-0.15, -0.1) is 0 Å². The Kier molecular flexibility index (Phi) is 20.3. The van der Waals surface area contributed by atoms with Crippen molar-refractivity contribution in [1.82, 2.24) is 0 Å². The van der Waals surface area contributed by atoms with Gasteiger partial charge in [0.1, 0.15) is 0 Å². The van der Waals surface area contributed by atoms with E-state index in [4.69, 9.17) is 34.3 Å². The molecule has 8 nitrogen and oxygen atoms in total. The molecule has 0 saturated carbocycles. The van der Waals surface area contributed by atoms with E-state index in [0.29, 0.717) is 32.8 Å². The van der Waals surface area contributed by atoms with E-state index in [1.807, 2.05) is 34.6 Å². The van der Waals surface area contributed by atoms with Gasteiger partial charge in [-0.3, -0.25) is 0 Å². The molecule has 0 unspecified atom stereocenters. The lowest BCUT2D eigenvalue weighted by atomic mass is 9.88. The fourth-order valence-corrected chi connectivity index (χ4v) is 1.71. The second-order valence-corrected chi connectivity index (χ2v) is 6.63.